The molecule has 0 saturated heterocycles. The van der Waals surface area contributed by atoms with Gasteiger partial charge in [0.25, 0.3) is 5.91 Å². The maximum Gasteiger partial charge on any atom is 0.251 e. The standard InChI is InChI=1S/C14H21NO/c1-5-6-12(4)15-14(16)13-9-10(2)7-8-11(13)3/h7-9,12H,5-6H2,1-4H3,(H,15,16)/t12-/m1/s1. The van der Waals surface area contributed by atoms with Gasteiger partial charge in [-0.2, -0.15) is 0 Å². The predicted octanol–water partition coefficient (Wildman–Crippen LogP) is 3.22. The van der Waals surface area contributed by atoms with E-state index in [-0.39, 0.29) is 11.9 Å². The van der Waals surface area contributed by atoms with Crippen LogP contribution in [0.5, 0.6) is 0 Å². The number of aryl methyl sites for hydroxylation is 2. The van der Waals surface area contributed by atoms with Crippen molar-refractivity contribution in [1.82, 2.24) is 5.32 Å². The molecule has 2 nitrogen and oxygen atoms in total. The maximum atomic E-state index is 12.0. The lowest BCUT2D eigenvalue weighted by atomic mass is 10.0. The zero-order valence-electron chi connectivity index (χ0n) is 10.6. The molecule has 16 heavy (non-hydrogen) atoms. The van der Waals surface area contributed by atoms with E-state index in [9.17, 15) is 4.79 Å². The van der Waals surface area contributed by atoms with Crippen molar-refractivity contribution in [3.63, 3.8) is 0 Å². The number of benzene rings is 1. The molecule has 0 spiro atoms. The molecular weight excluding hydrogens is 198 g/mol. The highest BCUT2D eigenvalue weighted by molar-refractivity contribution is 5.95. The summed E-state index contributed by atoms with van der Waals surface area (Å²) in [5.74, 6) is 0.0437. The van der Waals surface area contributed by atoms with Crippen LogP contribution in [0.3, 0.4) is 0 Å². The molecule has 0 aliphatic carbocycles. The second-order valence-corrected chi connectivity index (χ2v) is 4.48. The molecule has 1 atom stereocenters. The predicted molar refractivity (Wildman–Crippen MR) is 67.8 cm³/mol. The smallest absolute Gasteiger partial charge is 0.251 e. The Balaban J connectivity index is 2.76. The van der Waals surface area contributed by atoms with Crippen molar-refractivity contribution in [2.75, 3.05) is 0 Å². The Morgan fingerprint density at radius 2 is 2.06 bits per heavy atom. The number of amides is 1. The van der Waals surface area contributed by atoms with E-state index in [1.807, 2.05) is 39.0 Å². The molecule has 1 N–H and O–H groups in total. The van der Waals surface area contributed by atoms with Crippen LogP contribution < -0.4 is 5.32 Å². The summed E-state index contributed by atoms with van der Waals surface area (Å²) in [6, 6.07) is 6.22. The molecule has 0 bridgehead atoms. The molecule has 0 heterocycles. The van der Waals surface area contributed by atoms with Crippen molar-refractivity contribution in [1.29, 1.82) is 0 Å². The van der Waals surface area contributed by atoms with Gasteiger partial charge in [0.2, 0.25) is 0 Å². The van der Waals surface area contributed by atoms with Crippen LogP contribution in [0.4, 0.5) is 0 Å². The number of rotatable bonds is 4. The van der Waals surface area contributed by atoms with Crippen LogP contribution in [0, 0.1) is 13.8 Å². The second kappa shape index (κ2) is 5.69. The van der Waals surface area contributed by atoms with Crippen LogP contribution in [0.15, 0.2) is 18.2 Å². The largest absolute Gasteiger partial charge is 0.350 e. The summed E-state index contributed by atoms with van der Waals surface area (Å²) in [5, 5.41) is 3.03. The summed E-state index contributed by atoms with van der Waals surface area (Å²) < 4.78 is 0. The minimum atomic E-state index is 0.0437. The van der Waals surface area contributed by atoms with E-state index >= 15 is 0 Å². The van der Waals surface area contributed by atoms with Gasteiger partial charge >= 0.3 is 0 Å². The third-order valence-corrected chi connectivity index (χ3v) is 2.74. The Kier molecular flexibility index (Phi) is 4.53. The summed E-state index contributed by atoms with van der Waals surface area (Å²) in [7, 11) is 0. The van der Waals surface area contributed by atoms with Gasteiger partial charge < -0.3 is 5.32 Å². The fourth-order valence-corrected chi connectivity index (χ4v) is 1.79. The highest BCUT2D eigenvalue weighted by Crippen LogP contribution is 2.11. The van der Waals surface area contributed by atoms with E-state index in [2.05, 4.69) is 12.2 Å². The lowest BCUT2D eigenvalue weighted by Gasteiger charge is -2.14. The Bertz CT molecular complexity index is 371. The van der Waals surface area contributed by atoms with Gasteiger partial charge in [0.1, 0.15) is 0 Å². The van der Waals surface area contributed by atoms with Gasteiger partial charge in [-0.25, -0.2) is 0 Å². The number of carbonyl (C=O) groups excluding carboxylic acids is 1. The lowest BCUT2D eigenvalue weighted by molar-refractivity contribution is 0.0937. The third kappa shape index (κ3) is 3.37. The van der Waals surface area contributed by atoms with Crippen LogP contribution >= 0.6 is 0 Å². The molecule has 0 fully saturated rings. The average Bonchev–Trinajstić information content (AvgIpc) is 2.21. The first kappa shape index (κ1) is 12.8. The van der Waals surface area contributed by atoms with Crippen LogP contribution in [0.1, 0.15) is 48.2 Å². The number of nitrogens with one attached hydrogen (secondary N) is 1. The quantitative estimate of drug-likeness (QED) is 0.827. The first-order valence-corrected chi connectivity index (χ1v) is 5.92. The Labute approximate surface area is 98.1 Å². The minimum Gasteiger partial charge on any atom is -0.350 e. The van der Waals surface area contributed by atoms with E-state index in [0.29, 0.717) is 0 Å². The second-order valence-electron chi connectivity index (χ2n) is 4.48. The van der Waals surface area contributed by atoms with Crippen LogP contribution in [-0.2, 0) is 0 Å². The number of hydrogen-bond donors (Lipinski definition) is 1. The van der Waals surface area contributed by atoms with E-state index < -0.39 is 0 Å². The zero-order valence-corrected chi connectivity index (χ0v) is 10.6. The third-order valence-electron chi connectivity index (χ3n) is 2.74. The van der Waals surface area contributed by atoms with Gasteiger partial charge in [-0.05, 0) is 38.8 Å². The first-order chi connectivity index (χ1) is 7.54. The van der Waals surface area contributed by atoms with Crippen molar-refractivity contribution in [2.24, 2.45) is 0 Å². The Hall–Kier alpha value is -1.31. The van der Waals surface area contributed by atoms with Gasteiger partial charge in [-0.3, -0.25) is 4.79 Å². The van der Waals surface area contributed by atoms with Crippen LogP contribution in [-0.4, -0.2) is 11.9 Å². The Morgan fingerprint density at radius 3 is 2.69 bits per heavy atom. The van der Waals surface area contributed by atoms with E-state index in [1.54, 1.807) is 0 Å². The number of hydrogen-bond acceptors (Lipinski definition) is 1. The molecule has 1 aromatic carbocycles. The molecule has 0 unspecified atom stereocenters. The molecule has 88 valence electrons. The van der Waals surface area contributed by atoms with E-state index in [1.165, 1.54) is 0 Å². The fraction of sp³-hybridized carbons (Fsp3) is 0.500. The van der Waals surface area contributed by atoms with Crippen molar-refractivity contribution >= 4 is 5.91 Å². The Morgan fingerprint density at radius 1 is 1.38 bits per heavy atom. The van der Waals surface area contributed by atoms with Gasteiger partial charge in [-0.1, -0.05) is 31.0 Å². The van der Waals surface area contributed by atoms with Gasteiger partial charge in [0.15, 0.2) is 0 Å². The van der Waals surface area contributed by atoms with Crippen molar-refractivity contribution < 1.29 is 4.79 Å². The fourth-order valence-electron chi connectivity index (χ4n) is 1.79. The first-order valence-electron chi connectivity index (χ1n) is 5.92. The monoisotopic (exact) mass is 219 g/mol. The maximum absolute atomic E-state index is 12.0. The van der Waals surface area contributed by atoms with Gasteiger partial charge in [0, 0.05) is 11.6 Å². The molecule has 0 aliphatic heterocycles. The zero-order chi connectivity index (χ0) is 12.1. The van der Waals surface area contributed by atoms with Gasteiger partial charge in [0.05, 0.1) is 0 Å². The molecular formula is C14H21NO. The van der Waals surface area contributed by atoms with Crippen molar-refractivity contribution in [3.05, 3.63) is 34.9 Å². The summed E-state index contributed by atoms with van der Waals surface area (Å²) in [5.41, 5.74) is 2.95. The summed E-state index contributed by atoms with van der Waals surface area (Å²) >= 11 is 0. The average molecular weight is 219 g/mol. The molecule has 1 rings (SSSR count). The highest BCUT2D eigenvalue weighted by atomic mass is 16.1. The lowest BCUT2D eigenvalue weighted by Crippen LogP contribution is -2.32. The summed E-state index contributed by atoms with van der Waals surface area (Å²) in [4.78, 5) is 12.0. The molecule has 1 amide bonds. The molecule has 2 heteroatoms. The minimum absolute atomic E-state index is 0.0437. The van der Waals surface area contributed by atoms with E-state index in [4.69, 9.17) is 0 Å². The summed E-state index contributed by atoms with van der Waals surface area (Å²) in [6.45, 7) is 8.15. The highest BCUT2D eigenvalue weighted by Gasteiger charge is 2.11. The summed E-state index contributed by atoms with van der Waals surface area (Å²) in [6.07, 6.45) is 2.12. The van der Waals surface area contributed by atoms with Crippen LogP contribution in [0.2, 0.25) is 0 Å². The topological polar surface area (TPSA) is 29.1 Å². The SMILES string of the molecule is CCC[C@@H](C)NC(=O)c1cc(C)ccc1C. The van der Waals surface area contributed by atoms with Crippen molar-refractivity contribution in [2.45, 2.75) is 46.6 Å². The van der Waals surface area contributed by atoms with E-state index in [0.717, 1.165) is 29.5 Å². The molecule has 1 aromatic rings. The van der Waals surface area contributed by atoms with Crippen molar-refractivity contribution in [3.8, 4) is 0 Å². The molecule has 0 radical (unpaired) electrons. The number of carbonyl (C=O) groups is 1. The van der Waals surface area contributed by atoms with Gasteiger partial charge in [-0.15, -0.1) is 0 Å². The van der Waals surface area contributed by atoms with Crippen LogP contribution in [0.25, 0.3) is 0 Å². The molecule has 0 saturated carbocycles. The normalized spacial score (nSPS) is 12.2. The molecule has 0 aromatic heterocycles. The molecule has 0 aliphatic rings.